The van der Waals surface area contributed by atoms with Crippen LogP contribution in [0.2, 0.25) is 0 Å². The zero-order chi connectivity index (χ0) is 20.9. The molecule has 2 aliphatic rings. The van der Waals surface area contributed by atoms with Crippen molar-refractivity contribution in [3.05, 3.63) is 54.6 Å². The van der Waals surface area contributed by atoms with E-state index in [9.17, 15) is 9.59 Å². The van der Waals surface area contributed by atoms with Gasteiger partial charge in [-0.1, -0.05) is 18.2 Å². The maximum Gasteiger partial charge on any atom is 0.252 e. The van der Waals surface area contributed by atoms with Gasteiger partial charge < -0.3 is 19.9 Å². The number of ether oxygens (including phenoxy) is 1. The third-order valence-corrected chi connectivity index (χ3v) is 5.27. The van der Waals surface area contributed by atoms with Gasteiger partial charge in [-0.25, -0.2) is 4.99 Å². The molecule has 1 fully saturated rings. The average molecular weight is 407 g/mol. The number of amides is 2. The van der Waals surface area contributed by atoms with E-state index >= 15 is 0 Å². The van der Waals surface area contributed by atoms with Crippen LogP contribution < -0.4 is 20.3 Å². The van der Waals surface area contributed by atoms with Crippen LogP contribution in [0.25, 0.3) is 0 Å². The Morgan fingerprint density at radius 1 is 1.07 bits per heavy atom. The zero-order valence-corrected chi connectivity index (χ0v) is 16.9. The van der Waals surface area contributed by atoms with Crippen molar-refractivity contribution in [2.24, 2.45) is 4.99 Å². The summed E-state index contributed by atoms with van der Waals surface area (Å²) in [7, 11) is 1.59. The molecule has 30 heavy (non-hydrogen) atoms. The summed E-state index contributed by atoms with van der Waals surface area (Å²) in [6.07, 6.45) is 0.00530. The minimum Gasteiger partial charge on any atom is -0.497 e. The van der Waals surface area contributed by atoms with Gasteiger partial charge in [0.25, 0.3) is 5.91 Å². The molecule has 2 heterocycles. The highest BCUT2D eigenvalue weighted by molar-refractivity contribution is 6.07. The number of aliphatic imine (C=N–C) groups is 1. The van der Waals surface area contributed by atoms with Crippen LogP contribution in [0.5, 0.6) is 5.75 Å². The van der Waals surface area contributed by atoms with Crippen LogP contribution in [0.3, 0.4) is 0 Å². The molecular formula is C22H25N5O3. The van der Waals surface area contributed by atoms with E-state index in [-0.39, 0.29) is 18.2 Å². The lowest BCUT2D eigenvalue weighted by Crippen LogP contribution is -2.52. The highest BCUT2D eigenvalue weighted by atomic mass is 16.5. The first-order chi connectivity index (χ1) is 14.6. The second-order valence-corrected chi connectivity index (χ2v) is 7.25. The Morgan fingerprint density at radius 2 is 1.73 bits per heavy atom. The molecule has 8 heteroatoms. The van der Waals surface area contributed by atoms with Crippen molar-refractivity contribution in [2.45, 2.75) is 12.5 Å². The maximum absolute atomic E-state index is 12.3. The Balaban J connectivity index is 1.31. The Bertz CT molecular complexity index is 922. The summed E-state index contributed by atoms with van der Waals surface area (Å²) >= 11 is 0. The second kappa shape index (κ2) is 8.86. The molecule has 156 valence electrons. The van der Waals surface area contributed by atoms with Crippen molar-refractivity contribution >= 4 is 29.1 Å². The number of para-hydroxylation sites is 1. The largest absolute Gasteiger partial charge is 0.497 e. The Kier molecular flexibility index (Phi) is 5.83. The quantitative estimate of drug-likeness (QED) is 0.788. The van der Waals surface area contributed by atoms with Gasteiger partial charge in [0.05, 0.1) is 13.5 Å². The zero-order valence-electron chi connectivity index (χ0n) is 16.9. The number of benzene rings is 2. The summed E-state index contributed by atoms with van der Waals surface area (Å²) in [4.78, 5) is 33.5. The molecule has 0 saturated carbocycles. The summed E-state index contributed by atoms with van der Waals surface area (Å²) < 4.78 is 5.11. The van der Waals surface area contributed by atoms with Crippen LogP contribution in [0.15, 0.2) is 59.6 Å². The number of methoxy groups -OCH3 is 1. The number of nitrogens with zero attached hydrogens (tertiary/aromatic N) is 3. The number of hydrogen-bond acceptors (Lipinski definition) is 6. The maximum atomic E-state index is 12.3. The first-order valence-electron chi connectivity index (χ1n) is 10.00. The van der Waals surface area contributed by atoms with Gasteiger partial charge >= 0.3 is 0 Å². The molecule has 4 rings (SSSR count). The van der Waals surface area contributed by atoms with Gasteiger partial charge in [-0.3, -0.25) is 14.9 Å². The van der Waals surface area contributed by atoms with Crippen LogP contribution in [-0.4, -0.2) is 62.0 Å². The molecule has 2 aliphatic heterocycles. The number of hydrogen-bond donors (Lipinski definition) is 2. The fraction of sp³-hybridized carbons (Fsp3) is 0.318. The fourth-order valence-corrected chi connectivity index (χ4v) is 3.61. The first kappa shape index (κ1) is 19.8. The predicted octanol–water partition coefficient (Wildman–Crippen LogP) is 1.70. The van der Waals surface area contributed by atoms with Crippen molar-refractivity contribution in [1.29, 1.82) is 0 Å². The SMILES string of the molecule is COc1ccc(NC(=O)CC2N=C(N3CCN(c4ccccc4)CC3)NC2=O)cc1. The molecule has 1 unspecified atom stereocenters. The average Bonchev–Trinajstić information content (AvgIpc) is 3.15. The van der Waals surface area contributed by atoms with Gasteiger partial charge in [-0.15, -0.1) is 0 Å². The van der Waals surface area contributed by atoms with E-state index in [1.54, 1.807) is 31.4 Å². The van der Waals surface area contributed by atoms with E-state index in [0.717, 1.165) is 26.2 Å². The van der Waals surface area contributed by atoms with Crippen molar-refractivity contribution in [3.8, 4) is 5.75 Å². The number of carbonyl (C=O) groups excluding carboxylic acids is 2. The van der Waals surface area contributed by atoms with Crippen LogP contribution in [-0.2, 0) is 9.59 Å². The third kappa shape index (κ3) is 4.53. The van der Waals surface area contributed by atoms with Gasteiger partial charge in [0, 0.05) is 37.6 Å². The highest BCUT2D eigenvalue weighted by Crippen LogP contribution is 2.18. The van der Waals surface area contributed by atoms with Gasteiger partial charge in [0.2, 0.25) is 11.9 Å². The van der Waals surface area contributed by atoms with E-state index in [0.29, 0.717) is 17.4 Å². The molecule has 0 aliphatic carbocycles. The van der Waals surface area contributed by atoms with Crippen LogP contribution in [0, 0.1) is 0 Å². The summed E-state index contributed by atoms with van der Waals surface area (Å²) in [6, 6.07) is 16.6. The smallest absolute Gasteiger partial charge is 0.252 e. The topological polar surface area (TPSA) is 86.3 Å². The Labute approximate surface area is 175 Å². The second-order valence-electron chi connectivity index (χ2n) is 7.25. The summed E-state index contributed by atoms with van der Waals surface area (Å²) in [5.74, 6) is 0.791. The minimum absolute atomic E-state index is 0.00530. The predicted molar refractivity (Wildman–Crippen MR) is 116 cm³/mol. The Morgan fingerprint density at radius 3 is 2.40 bits per heavy atom. The van der Waals surface area contributed by atoms with Crippen molar-refractivity contribution < 1.29 is 14.3 Å². The number of anilines is 2. The number of guanidine groups is 1. The normalized spacial score (nSPS) is 18.6. The van der Waals surface area contributed by atoms with E-state index < -0.39 is 6.04 Å². The highest BCUT2D eigenvalue weighted by Gasteiger charge is 2.32. The summed E-state index contributed by atoms with van der Waals surface area (Å²) in [5.41, 5.74) is 1.85. The molecule has 0 spiro atoms. The molecule has 2 aromatic carbocycles. The number of carbonyl (C=O) groups is 2. The van der Waals surface area contributed by atoms with Gasteiger partial charge in [0.15, 0.2) is 0 Å². The first-order valence-corrected chi connectivity index (χ1v) is 10.00. The van der Waals surface area contributed by atoms with Crippen LogP contribution in [0.1, 0.15) is 6.42 Å². The monoisotopic (exact) mass is 407 g/mol. The standard InChI is InChI=1S/C22H25N5O3/c1-30-18-9-7-16(8-10-18)23-20(28)15-19-21(29)25-22(24-19)27-13-11-26(12-14-27)17-5-3-2-4-6-17/h2-10,19H,11-15H2,1H3,(H,23,28)(H,24,25,29). The van der Waals surface area contributed by atoms with Crippen LogP contribution >= 0.6 is 0 Å². The Hall–Kier alpha value is -3.55. The van der Waals surface area contributed by atoms with Gasteiger partial charge in [-0.05, 0) is 36.4 Å². The van der Waals surface area contributed by atoms with Crippen molar-refractivity contribution in [3.63, 3.8) is 0 Å². The molecule has 1 atom stereocenters. The molecule has 1 saturated heterocycles. The lowest BCUT2D eigenvalue weighted by atomic mass is 10.2. The molecular weight excluding hydrogens is 382 g/mol. The van der Waals surface area contributed by atoms with Gasteiger partial charge in [-0.2, -0.15) is 0 Å². The molecule has 0 radical (unpaired) electrons. The van der Waals surface area contributed by atoms with Crippen molar-refractivity contribution in [2.75, 3.05) is 43.5 Å². The lowest BCUT2D eigenvalue weighted by molar-refractivity contribution is -0.123. The van der Waals surface area contributed by atoms with Crippen molar-refractivity contribution in [1.82, 2.24) is 10.2 Å². The number of piperazine rings is 1. The molecule has 0 aromatic heterocycles. The van der Waals surface area contributed by atoms with Gasteiger partial charge in [0.1, 0.15) is 11.8 Å². The summed E-state index contributed by atoms with van der Waals surface area (Å²) in [6.45, 7) is 3.22. The summed E-state index contributed by atoms with van der Waals surface area (Å²) in [5, 5.41) is 5.63. The number of nitrogens with one attached hydrogen (secondary N) is 2. The fourth-order valence-electron chi connectivity index (χ4n) is 3.61. The third-order valence-electron chi connectivity index (χ3n) is 5.27. The van der Waals surface area contributed by atoms with E-state index in [1.807, 2.05) is 18.2 Å². The molecule has 8 nitrogen and oxygen atoms in total. The lowest BCUT2D eigenvalue weighted by Gasteiger charge is -2.36. The minimum atomic E-state index is -0.703. The molecule has 2 amide bonds. The van der Waals surface area contributed by atoms with E-state index in [1.165, 1.54) is 5.69 Å². The molecule has 2 N–H and O–H groups in total. The van der Waals surface area contributed by atoms with E-state index in [2.05, 4.69) is 37.6 Å². The van der Waals surface area contributed by atoms with Crippen LogP contribution in [0.4, 0.5) is 11.4 Å². The molecule has 0 bridgehead atoms. The molecule has 2 aromatic rings. The number of rotatable bonds is 5. The van der Waals surface area contributed by atoms with E-state index in [4.69, 9.17) is 4.74 Å².